The van der Waals surface area contributed by atoms with Gasteiger partial charge in [0.2, 0.25) is 0 Å². The van der Waals surface area contributed by atoms with Crippen molar-refractivity contribution in [2.45, 2.75) is 0 Å². The van der Waals surface area contributed by atoms with E-state index in [4.69, 9.17) is 9.47 Å². The Hall–Kier alpha value is -6.84. The van der Waals surface area contributed by atoms with Gasteiger partial charge in [0.05, 0.1) is 14.2 Å². The largest absolute Gasteiger partial charge is 0.497 e. The van der Waals surface area contributed by atoms with Gasteiger partial charge in [0.1, 0.15) is 11.5 Å². The minimum atomic E-state index is 0.816. The lowest BCUT2D eigenvalue weighted by molar-refractivity contribution is 0.415. The second kappa shape index (κ2) is 13.7. The summed E-state index contributed by atoms with van der Waals surface area (Å²) in [6.45, 7) is 0. The number of rotatable bonds is 8. The molecule has 0 spiro atoms. The van der Waals surface area contributed by atoms with E-state index in [1.807, 2.05) is 24.3 Å². The molecule has 0 aliphatic heterocycles. The van der Waals surface area contributed by atoms with Crippen LogP contribution in [0.1, 0.15) is 0 Å². The number of nitrogens with zero attached hydrogens (tertiary/aromatic N) is 1. The SMILES string of the molecule is COc1ccc(N(c2ccc(OC)cc2)c2ccc3c(c2)c2ccccc2c2c(-c4ccccc4)cc(-c4ccccc4)c(-c4ccccc4)c32)cc1. The van der Waals surface area contributed by atoms with Gasteiger partial charge in [-0.3, -0.25) is 0 Å². The molecule has 0 unspecified atom stereocenters. The van der Waals surface area contributed by atoms with Gasteiger partial charge in [-0.05, 0) is 132 Å². The molecule has 0 heterocycles. The van der Waals surface area contributed by atoms with Crippen LogP contribution in [-0.2, 0) is 0 Å². The third kappa shape index (κ3) is 5.73. The molecule has 0 atom stereocenters. The molecule has 0 fully saturated rings. The summed E-state index contributed by atoms with van der Waals surface area (Å²) in [5, 5.41) is 7.35. The molecule has 0 bridgehead atoms. The van der Waals surface area contributed by atoms with Crippen molar-refractivity contribution in [1.82, 2.24) is 0 Å². The average molecular weight is 684 g/mol. The third-order valence-electron chi connectivity index (χ3n) is 10.2. The van der Waals surface area contributed by atoms with Gasteiger partial charge in [-0.15, -0.1) is 0 Å². The molecular weight excluding hydrogens is 647 g/mol. The molecule has 0 N–H and O–H groups in total. The highest BCUT2D eigenvalue weighted by molar-refractivity contribution is 6.33. The molecule has 9 aromatic rings. The lowest BCUT2D eigenvalue weighted by Gasteiger charge is -2.27. The predicted octanol–water partition coefficient (Wildman–Crippen LogP) is 13.6. The molecule has 0 radical (unpaired) electrons. The highest BCUT2D eigenvalue weighted by Crippen LogP contribution is 2.50. The molecule has 9 aromatic carbocycles. The Balaban J connectivity index is 1.42. The third-order valence-corrected chi connectivity index (χ3v) is 10.2. The summed E-state index contributed by atoms with van der Waals surface area (Å²) in [4.78, 5) is 2.30. The maximum atomic E-state index is 5.53. The normalized spacial score (nSPS) is 11.2. The first-order chi connectivity index (χ1) is 26.2. The number of fused-ring (bicyclic) bond motifs is 6. The van der Waals surface area contributed by atoms with Crippen molar-refractivity contribution in [2.75, 3.05) is 19.1 Å². The van der Waals surface area contributed by atoms with Crippen LogP contribution in [0.5, 0.6) is 11.5 Å². The fourth-order valence-electron chi connectivity index (χ4n) is 7.79. The van der Waals surface area contributed by atoms with Crippen LogP contribution in [0.4, 0.5) is 17.1 Å². The Labute approximate surface area is 309 Å². The molecule has 0 amide bonds. The van der Waals surface area contributed by atoms with Crippen LogP contribution in [0.25, 0.3) is 65.7 Å². The maximum Gasteiger partial charge on any atom is 0.119 e. The highest BCUT2D eigenvalue weighted by Gasteiger charge is 2.22. The fourth-order valence-corrected chi connectivity index (χ4v) is 7.79. The molecule has 254 valence electrons. The zero-order valence-electron chi connectivity index (χ0n) is 29.7. The number of benzene rings is 9. The Bertz CT molecular complexity index is 2660. The Morgan fingerprint density at radius 3 is 1.34 bits per heavy atom. The zero-order chi connectivity index (χ0) is 35.7. The molecule has 53 heavy (non-hydrogen) atoms. The predicted molar refractivity (Wildman–Crippen MR) is 223 cm³/mol. The van der Waals surface area contributed by atoms with Crippen molar-refractivity contribution >= 4 is 49.4 Å². The van der Waals surface area contributed by atoms with Crippen molar-refractivity contribution < 1.29 is 9.47 Å². The van der Waals surface area contributed by atoms with Crippen molar-refractivity contribution in [2.24, 2.45) is 0 Å². The minimum Gasteiger partial charge on any atom is -0.497 e. The smallest absolute Gasteiger partial charge is 0.119 e. The van der Waals surface area contributed by atoms with Crippen molar-refractivity contribution in [3.63, 3.8) is 0 Å². The summed E-state index contributed by atoms with van der Waals surface area (Å²) in [5.41, 5.74) is 10.4. The molecule has 0 saturated carbocycles. The first-order valence-corrected chi connectivity index (χ1v) is 17.9. The number of hydrogen-bond acceptors (Lipinski definition) is 3. The van der Waals surface area contributed by atoms with Crippen molar-refractivity contribution in [3.05, 3.63) is 188 Å². The highest BCUT2D eigenvalue weighted by atomic mass is 16.5. The Kier molecular flexibility index (Phi) is 8.30. The van der Waals surface area contributed by atoms with Gasteiger partial charge in [0.25, 0.3) is 0 Å². The van der Waals surface area contributed by atoms with Crippen molar-refractivity contribution in [1.29, 1.82) is 0 Å². The molecular formula is C50H37NO2. The van der Waals surface area contributed by atoms with E-state index in [9.17, 15) is 0 Å². The Morgan fingerprint density at radius 1 is 0.340 bits per heavy atom. The van der Waals surface area contributed by atoms with Crippen LogP contribution in [0.3, 0.4) is 0 Å². The van der Waals surface area contributed by atoms with Gasteiger partial charge in [-0.2, -0.15) is 0 Å². The van der Waals surface area contributed by atoms with Gasteiger partial charge in [0, 0.05) is 17.1 Å². The quantitative estimate of drug-likeness (QED) is 0.149. The standard InChI is InChI=1S/C50H37NO2/c1-52-40-27-22-37(23-28-40)51(38-24-29-41(53-2)30-25-38)39-26-31-44-47(32-39)42-20-12-13-21-43(42)49-46(35-16-8-4-9-17-35)33-45(34-14-6-3-7-15-34)48(50(44)49)36-18-10-5-11-19-36/h3-33H,1-2H3. The topological polar surface area (TPSA) is 21.7 Å². The van der Waals surface area contributed by atoms with E-state index in [0.717, 1.165) is 28.6 Å². The van der Waals surface area contributed by atoms with Gasteiger partial charge < -0.3 is 14.4 Å². The monoisotopic (exact) mass is 683 g/mol. The first-order valence-electron chi connectivity index (χ1n) is 17.9. The first kappa shape index (κ1) is 32.1. The molecule has 0 aliphatic rings. The van der Waals surface area contributed by atoms with E-state index >= 15 is 0 Å². The van der Waals surface area contributed by atoms with Crippen LogP contribution >= 0.6 is 0 Å². The van der Waals surface area contributed by atoms with Crippen LogP contribution in [0.2, 0.25) is 0 Å². The van der Waals surface area contributed by atoms with E-state index < -0.39 is 0 Å². The second-order valence-corrected chi connectivity index (χ2v) is 13.2. The van der Waals surface area contributed by atoms with Crippen LogP contribution in [-0.4, -0.2) is 14.2 Å². The molecule has 0 aliphatic carbocycles. The zero-order valence-corrected chi connectivity index (χ0v) is 29.7. The summed E-state index contributed by atoms with van der Waals surface area (Å²) >= 11 is 0. The number of methoxy groups -OCH3 is 2. The van der Waals surface area contributed by atoms with E-state index in [-0.39, 0.29) is 0 Å². The van der Waals surface area contributed by atoms with E-state index in [1.165, 1.54) is 65.7 Å². The summed E-state index contributed by atoms with van der Waals surface area (Å²) in [6, 6.07) is 67.2. The van der Waals surface area contributed by atoms with Crippen molar-refractivity contribution in [3.8, 4) is 44.9 Å². The number of anilines is 3. The van der Waals surface area contributed by atoms with Gasteiger partial charge in [-0.1, -0.05) is 121 Å². The van der Waals surface area contributed by atoms with E-state index in [0.29, 0.717) is 0 Å². The minimum absolute atomic E-state index is 0.816. The van der Waals surface area contributed by atoms with Gasteiger partial charge in [-0.25, -0.2) is 0 Å². The average Bonchev–Trinajstić information content (AvgIpc) is 3.24. The van der Waals surface area contributed by atoms with E-state index in [1.54, 1.807) is 14.2 Å². The number of hydrogen-bond donors (Lipinski definition) is 0. The second-order valence-electron chi connectivity index (χ2n) is 13.2. The molecule has 9 rings (SSSR count). The lowest BCUT2D eigenvalue weighted by atomic mass is 9.81. The molecule has 3 nitrogen and oxygen atoms in total. The number of ether oxygens (including phenoxy) is 2. The molecule has 0 aromatic heterocycles. The summed E-state index contributed by atoms with van der Waals surface area (Å²) < 4.78 is 11.1. The summed E-state index contributed by atoms with van der Waals surface area (Å²) in [7, 11) is 3.40. The molecule has 3 heteroatoms. The van der Waals surface area contributed by atoms with Crippen LogP contribution in [0.15, 0.2) is 188 Å². The summed E-state index contributed by atoms with van der Waals surface area (Å²) in [6.07, 6.45) is 0. The fraction of sp³-hybridized carbons (Fsp3) is 0.0400. The maximum absolute atomic E-state index is 5.53. The van der Waals surface area contributed by atoms with Crippen LogP contribution < -0.4 is 14.4 Å². The summed E-state index contributed by atoms with van der Waals surface area (Å²) in [5.74, 6) is 1.63. The molecule has 0 saturated heterocycles. The Morgan fingerprint density at radius 2 is 0.792 bits per heavy atom. The van der Waals surface area contributed by atoms with E-state index in [2.05, 4.69) is 169 Å². The van der Waals surface area contributed by atoms with Gasteiger partial charge >= 0.3 is 0 Å². The van der Waals surface area contributed by atoms with Crippen LogP contribution in [0, 0.1) is 0 Å². The van der Waals surface area contributed by atoms with Gasteiger partial charge in [0.15, 0.2) is 0 Å². The lowest BCUT2D eigenvalue weighted by Crippen LogP contribution is -2.10.